The predicted octanol–water partition coefficient (Wildman–Crippen LogP) is 7.19. The molecule has 46 heavy (non-hydrogen) atoms. The van der Waals surface area contributed by atoms with Crippen molar-refractivity contribution in [2.24, 2.45) is 0 Å². The molecule has 4 aromatic rings. The smallest absolute Gasteiger partial charge is 0.264 e. The highest BCUT2D eigenvalue weighted by atomic mass is 35.5. The molecule has 11 heteroatoms. The van der Waals surface area contributed by atoms with Crippen LogP contribution in [0.25, 0.3) is 0 Å². The van der Waals surface area contributed by atoms with Crippen LogP contribution in [0, 0.1) is 12.7 Å². The molecule has 0 aliphatic rings. The van der Waals surface area contributed by atoms with Crippen LogP contribution in [-0.4, -0.2) is 43.8 Å². The maximum Gasteiger partial charge on any atom is 0.264 e. The van der Waals surface area contributed by atoms with Crippen molar-refractivity contribution < 1.29 is 22.4 Å². The lowest BCUT2D eigenvalue weighted by molar-refractivity contribution is -0.140. The summed E-state index contributed by atoms with van der Waals surface area (Å²) < 4.78 is 44.3. The van der Waals surface area contributed by atoms with Crippen molar-refractivity contribution in [2.45, 2.75) is 57.1 Å². The molecule has 0 saturated heterocycles. The lowest BCUT2D eigenvalue weighted by atomic mass is 10.0. The van der Waals surface area contributed by atoms with Crippen molar-refractivity contribution in [3.63, 3.8) is 0 Å². The van der Waals surface area contributed by atoms with Gasteiger partial charge in [-0.15, -0.1) is 0 Å². The zero-order valence-electron chi connectivity index (χ0n) is 25.8. The molecule has 0 aliphatic carbocycles. The highest BCUT2D eigenvalue weighted by Crippen LogP contribution is 2.33. The van der Waals surface area contributed by atoms with Crippen molar-refractivity contribution in [3.8, 4) is 0 Å². The molecule has 242 valence electrons. The number of rotatable bonds is 13. The van der Waals surface area contributed by atoms with Crippen LogP contribution < -0.4 is 9.62 Å². The Kier molecular flexibility index (Phi) is 11.8. The number of hydrogen-bond acceptors (Lipinski definition) is 4. The van der Waals surface area contributed by atoms with Crippen molar-refractivity contribution in [1.82, 2.24) is 10.2 Å². The number of anilines is 1. The third-order valence-corrected chi connectivity index (χ3v) is 9.96. The second-order valence-corrected chi connectivity index (χ2v) is 13.8. The summed E-state index contributed by atoms with van der Waals surface area (Å²) in [5, 5.41) is 3.20. The number of nitrogens with one attached hydrogen (secondary N) is 1. The molecule has 0 fully saturated rings. The number of halogens is 3. The fraction of sp³-hybridized carbons (Fsp3) is 0.257. The fourth-order valence-electron chi connectivity index (χ4n) is 4.83. The molecule has 0 radical (unpaired) electrons. The molecule has 0 aliphatic heterocycles. The van der Waals surface area contributed by atoms with Crippen LogP contribution in [0.5, 0.6) is 0 Å². The van der Waals surface area contributed by atoms with E-state index in [-0.39, 0.29) is 45.2 Å². The summed E-state index contributed by atoms with van der Waals surface area (Å²) in [6.07, 6.45) is 0.743. The Morgan fingerprint density at radius 3 is 2.22 bits per heavy atom. The van der Waals surface area contributed by atoms with Gasteiger partial charge < -0.3 is 10.2 Å². The number of nitrogens with zero attached hydrogens (tertiary/aromatic N) is 2. The monoisotopic (exact) mass is 683 g/mol. The number of carbonyl (C=O) groups is 2. The van der Waals surface area contributed by atoms with Crippen molar-refractivity contribution in [2.75, 3.05) is 10.8 Å². The van der Waals surface area contributed by atoms with Crippen LogP contribution in [0.15, 0.2) is 102 Å². The summed E-state index contributed by atoms with van der Waals surface area (Å²) in [6.45, 7) is 4.55. The quantitative estimate of drug-likeness (QED) is 0.162. The predicted molar refractivity (Wildman–Crippen MR) is 181 cm³/mol. The lowest BCUT2D eigenvalue weighted by Crippen LogP contribution is -2.54. The van der Waals surface area contributed by atoms with Crippen LogP contribution in [0.4, 0.5) is 10.1 Å². The number of aryl methyl sites for hydroxylation is 1. The molecule has 1 N–H and O–H groups in total. The molecule has 2 amide bonds. The number of hydrogen-bond donors (Lipinski definition) is 1. The van der Waals surface area contributed by atoms with E-state index in [1.165, 1.54) is 53.4 Å². The van der Waals surface area contributed by atoms with E-state index in [1.807, 2.05) is 51.1 Å². The Labute approximate surface area is 280 Å². The molecule has 0 saturated carbocycles. The van der Waals surface area contributed by atoms with Gasteiger partial charge in [-0.3, -0.25) is 13.9 Å². The highest BCUT2D eigenvalue weighted by Gasteiger charge is 2.36. The van der Waals surface area contributed by atoms with Gasteiger partial charge in [0.2, 0.25) is 11.8 Å². The first-order valence-electron chi connectivity index (χ1n) is 14.8. The van der Waals surface area contributed by atoms with E-state index in [0.29, 0.717) is 6.42 Å². The second-order valence-electron chi connectivity index (χ2n) is 11.1. The Bertz CT molecular complexity index is 1770. The first kappa shape index (κ1) is 34.9. The zero-order valence-corrected chi connectivity index (χ0v) is 28.1. The van der Waals surface area contributed by atoms with Crippen molar-refractivity contribution in [1.29, 1.82) is 0 Å². The largest absolute Gasteiger partial charge is 0.352 e. The number of sulfonamides is 1. The van der Waals surface area contributed by atoms with Crippen LogP contribution in [-0.2, 0) is 32.6 Å². The van der Waals surface area contributed by atoms with E-state index in [2.05, 4.69) is 5.32 Å². The SMILES string of the molecule is CC[C@@H](C)NC(=O)[C@H](Cc1ccccc1)N(Cc1ccccc1F)C(=O)CN(c1cc(Cl)ccc1Cl)S(=O)(=O)c1ccc(C)cc1. The minimum absolute atomic E-state index is 0.0161. The molecule has 4 aromatic carbocycles. The molecule has 7 nitrogen and oxygen atoms in total. The average Bonchev–Trinajstić information content (AvgIpc) is 3.04. The number of carbonyl (C=O) groups excluding carboxylic acids is 2. The van der Waals surface area contributed by atoms with E-state index in [4.69, 9.17) is 23.2 Å². The first-order chi connectivity index (χ1) is 21.9. The van der Waals surface area contributed by atoms with Crippen LogP contribution in [0.1, 0.15) is 37.0 Å². The zero-order chi connectivity index (χ0) is 33.4. The Morgan fingerprint density at radius 2 is 1.57 bits per heavy atom. The van der Waals surface area contributed by atoms with Crippen molar-refractivity contribution >= 4 is 50.7 Å². The molecule has 4 rings (SSSR count). The number of amides is 2. The molecular weight excluding hydrogens is 648 g/mol. The topological polar surface area (TPSA) is 86.8 Å². The van der Waals surface area contributed by atoms with E-state index in [9.17, 15) is 18.0 Å². The fourth-order valence-corrected chi connectivity index (χ4v) is 6.69. The second kappa shape index (κ2) is 15.6. The summed E-state index contributed by atoms with van der Waals surface area (Å²) >= 11 is 12.8. The Morgan fingerprint density at radius 1 is 0.913 bits per heavy atom. The lowest BCUT2D eigenvalue weighted by Gasteiger charge is -2.34. The minimum Gasteiger partial charge on any atom is -0.352 e. The van der Waals surface area contributed by atoms with Gasteiger partial charge >= 0.3 is 0 Å². The van der Waals surface area contributed by atoms with Gasteiger partial charge in [0.15, 0.2) is 0 Å². The van der Waals surface area contributed by atoms with Gasteiger partial charge in [0.1, 0.15) is 18.4 Å². The Balaban J connectivity index is 1.85. The standard InChI is InChI=1S/C35H36Cl2FN3O4S/c1-4-25(3)39-35(43)33(20-26-10-6-5-7-11-26)40(22-27-12-8-9-13-31(27)38)34(42)23-41(32-21-28(36)16-19-30(32)37)46(44,45)29-17-14-24(2)15-18-29/h5-19,21,25,33H,4,20,22-23H2,1-3H3,(H,39,43)/t25-,33+/m1/s1. The van der Waals surface area contributed by atoms with Gasteiger partial charge in [0.05, 0.1) is 15.6 Å². The summed E-state index contributed by atoms with van der Waals surface area (Å²) in [4.78, 5) is 29.5. The summed E-state index contributed by atoms with van der Waals surface area (Å²) in [5.74, 6) is -1.75. The molecule has 2 atom stereocenters. The summed E-state index contributed by atoms with van der Waals surface area (Å²) in [6, 6.07) is 24.2. The molecule has 0 heterocycles. The molecule has 0 bridgehead atoms. The summed E-state index contributed by atoms with van der Waals surface area (Å²) in [5.41, 5.74) is 1.76. The van der Waals surface area contributed by atoms with Crippen LogP contribution in [0.3, 0.4) is 0 Å². The van der Waals surface area contributed by atoms with Crippen LogP contribution >= 0.6 is 23.2 Å². The molecular formula is C35H36Cl2FN3O4S. The molecule has 0 spiro atoms. The van der Waals surface area contributed by atoms with E-state index in [1.54, 1.807) is 18.2 Å². The molecule has 0 aromatic heterocycles. The summed E-state index contributed by atoms with van der Waals surface area (Å²) in [7, 11) is -4.38. The van der Waals surface area contributed by atoms with Gasteiger partial charge in [0.25, 0.3) is 10.0 Å². The Hall–Kier alpha value is -3.92. The van der Waals surface area contributed by atoms with Crippen LogP contribution in [0.2, 0.25) is 10.0 Å². The average molecular weight is 685 g/mol. The van der Waals surface area contributed by atoms with Crippen molar-refractivity contribution in [3.05, 3.63) is 130 Å². The molecule has 0 unspecified atom stereocenters. The number of benzene rings is 4. The maximum absolute atomic E-state index is 15.1. The van der Waals surface area contributed by atoms with Gasteiger partial charge in [-0.05, 0) is 62.2 Å². The normalized spacial score (nSPS) is 12.7. The van der Waals surface area contributed by atoms with Gasteiger partial charge in [-0.2, -0.15) is 0 Å². The van der Waals surface area contributed by atoms with E-state index >= 15 is 4.39 Å². The highest BCUT2D eigenvalue weighted by molar-refractivity contribution is 7.92. The third-order valence-electron chi connectivity index (χ3n) is 7.64. The van der Waals surface area contributed by atoms with Gasteiger partial charge in [0, 0.05) is 29.6 Å². The van der Waals surface area contributed by atoms with E-state index < -0.39 is 40.2 Å². The maximum atomic E-state index is 15.1. The first-order valence-corrected chi connectivity index (χ1v) is 17.0. The van der Waals surface area contributed by atoms with Gasteiger partial charge in [-0.25, -0.2) is 12.8 Å². The minimum atomic E-state index is -4.38. The third kappa shape index (κ3) is 8.66. The van der Waals surface area contributed by atoms with Gasteiger partial charge in [-0.1, -0.05) is 96.4 Å². The van der Waals surface area contributed by atoms with E-state index in [0.717, 1.165) is 15.4 Å².